The van der Waals surface area contributed by atoms with Crippen molar-refractivity contribution in [1.29, 1.82) is 0 Å². The lowest BCUT2D eigenvalue weighted by molar-refractivity contribution is -0.167. The highest BCUT2D eigenvalue weighted by Crippen LogP contribution is 2.16. The van der Waals surface area contributed by atoms with Crippen LogP contribution in [0, 0.1) is 0 Å². The van der Waals surface area contributed by atoms with E-state index in [1.165, 1.54) is 205 Å². The standard InChI is InChI=1S/C64H116O6/c1-4-7-10-13-16-19-22-24-26-28-29-30-31-32-33-34-35-37-38-40-42-45-48-51-54-57-63(66)69-60-61(59-68-62(65)56-53-50-47-44-21-18-15-12-9-6-3)70-64(67)58-55-52-49-46-43-41-39-36-27-25-23-20-17-14-11-8-5-2/h12,15,22,24-25,27-29,61H,4-11,13-14,16-21,23,26,30-60H2,1-3H3/b15-12-,24-22-,27-25-,29-28-. The van der Waals surface area contributed by atoms with Gasteiger partial charge in [0.25, 0.3) is 0 Å². The maximum Gasteiger partial charge on any atom is 0.306 e. The number of esters is 3. The summed E-state index contributed by atoms with van der Waals surface area (Å²) in [5.74, 6) is -0.878. The van der Waals surface area contributed by atoms with Crippen LogP contribution >= 0.6 is 0 Å². The first kappa shape index (κ1) is 67.4. The number of ether oxygens (including phenoxy) is 3. The Hall–Kier alpha value is -2.63. The van der Waals surface area contributed by atoms with Crippen LogP contribution in [0.1, 0.15) is 323 Å². The average Bonchev–Trinajstić information content (AvgIpc) is 3.36. The number of carbonyl (C=O) groups excluding carboxylic acids is 3. The first-order valence-corrected chi connectivity index (χ1v) is 30.6. The molecule has 0 aromatic rings. The monoisotopic (exact) mass is 981 g/mol. The predicted octanol–water partition coefficient (Wildman–Crippen LogP) is 20.6. The van der Waals surface area contributed by atoms with Gasteiger partial charge in [-0.1, -0.05) is 256 Å². The van der Waals surface area contributed by atoms with Gasteiger partial charge in [-0.15, -0.1) is 0 Å². The van der Waals surface area contributed by atoms with Gasteiger partial charge in [-0.25, -0.2) is 0 Å². The lowest BCUT2D eigenvalue weighted by Crippen LogP contribution is -2.30. The molecule has 6 nitrogen and oxygen atoms in total. The van der Waals surface area contributed by atoms with E-state index in [1.54, 1.807) is 0 Å². The molecule has 0 saturated carbocycles. The maximum atomic E-state index is 12.9. The summed E-state index contributed by atoms with van der Waals surface area (Å²) in [6.45, 7) is 6.59. The van der Waals surface area contributed by atoms with E-state index in [1.807, 2.05) is 0 Å². The average molecular weight is 982 g/mol. The van der Waals surface area contributed by atoms with Crippen LogP contribution in [0.5, 0.6) is 0 Å². The minimum absolute atomic E-state index is 0.0758. The minimum Gasteiger partial charge on any atom is -0.462 e. The number of carbonyl (C=O) groups is 3. The number of hydrogen-bond acceptors (Lipinski definition) is 6. The van der Waals surface area contributed by atoms with Gasteiger partial charge in [0.05, 0.1) is 0 Å². The first-order chi connectivity index (χ1) is 34.5. The summed E-state index contributed by atoms with van der Waals surface area (Å²) in [4.78, 5) is 38.1. The molecular formula is C64H116O6. The lowest BCUT2D eigenvalue weighted by Gasteiger charge is -2.18. The molecule has 0 heterocycles. The molecule has 0 amide bonds. The third-order valence-corrected chi connectivity index (χ3v) is 13.5. The SMILES string of the molecule is CCC/C=C\CCCCCCCC(=O)OCC(COC(=O)CCCCCCCCCCCCCCC/C=C\C/C=C\CCCCCCC)OC(=O)CCCCCCCCC/C=C\CCCCCCCC. The largest absolute Gasteiger partial charge is 0.462 e. The van der Waals surface area contributed by atoms with Crippen LogP contribution in [-0.4, -0.2) is 37.2 Å². The van der Waals surface area contributed by atoms with Crippen LogP contribution in [0.25, 0.3) is 0 Å². The van der Waals surface area contributed by atoms with Gasteiger partial charge in [-0.2, -0.15) is 0 Å². The molecule has 1 unspecified atom stereocenters. The third-order valence-electron chi connectivity index (χ3n) is 13.5. The molecule has 70 heavy (non-hydrogen) atoms. The Kier molecular flexibility index (Phi) is 56.7. The Bertz CT molecular complexity index is 1220. The van der Waals surface area contributed by atoms with E-state index in [9.17, 15) is 14.4 Å². The van der Waals surface area contributed by atoms with E-state index < -0.39 is 6.10 Å². The zero-order valence-electron chi connectivity index (χ0n) is 46.8. The highest BCUT2D eigenvalue weighted by molar-refractivity contribution is 5.71. The highest BCUT2D eigenvalue weighted by Gasteiger charge is 2.19. The van der Waals surface area contributed by atoms with Crippen molar-refractivity contribution in [2.45, 2.75) is 329 Å². The van der Waals surface area contributed by atoms with Crippen LogP contribution in [0.15, 0.2) is 48.6 Å². The molecule has 1 atom stereocenters. The van der Waals surface area contributed by atoms with Gasteiger partial charge >= 0.3 is 17.9 Å². The summed E-state index contributed by atoms with van der Waals surface area (Å²) in [6.07, 6.45) is 72.6. The fourth-order valence-corrected chi connectivity index (χ4v) is 8.88. The van der Waals surface area contributed by atoms with Crippen molar-refractivity contribution in [2.24, 2.45) is 0 Å². The molecule has 0 radical (unpaired) electrons. The number of hydrogen-bond donors (Lipinski definition) is 0. The molecule has 0 aromatic carbocycles. The van der Waals surface area contributed by atoms with Crippen molar-refractivity contribution in [3.05, 3.63) is 48.6 Å². The van der Waals surface area contributed by atoms with E-state index in [-0.39, 0.29) is 31.1 Å². The molecule has 0 saturated heterocycles. The van der Waals surface area contributed by atoms with Gasteiger partial charge in [0, 0.05) is 19.3 Å². The Morgan fingerprint density at radius 1 is 0.286 bits per heavy atom. The van der Waals surface area contributed by atoms with Gasteiger partial charge in [0.2, 0.25) is 0 Å². The van der Waals surface area contributed by atoms with Gasteiger partial charge in [0.1, 0.15) is 13.2 Å². The highest BCUT2D eigenvalue weighted by atomic mass is 16.6. The van der Waals surface area contributed by atoms with Crippen molar-refractivity contribution in [2.75, 3.05) is 13.2 Å². The third kappa shape index (κ3) is 56.3. The van der Waals surface area contributed by atoms with E-state index >= 15 is 0 Å². The second-order valence-electron chi connectivity index (χ2n) is 20.6. The molecule has 0 N–H and O–H groups in total. The van der Waals surface area contributed by atoms with Crippen LogP contribution in [0.4, 0.5) is 0 Å². The van der Waals surface area contributed by atoms with E-state index in [0.717, 1.165) is 77.0 Å². The Balaban J connectivity index is 4.21. The summed E-state index contributed by atoms with van der Waals surface area (Å²) in [6, 6.07) is 0. The fourth-order valence-electron chi connectivity index (χ4n) is 8.88. The molecule has 408 valence electrons. The van der Waals surface area contributed by atoms with Crippen LogP contribution in [-0.2, 0) is 28.6 Å². The van der Waals surface area contributed by atoms with Crippen LogP contribution in [0.2, 0.25) is 0 Å². The Morgan fingerprint density at radius 3 is 0.857 bits per heavy atom. The molecule has 0 fully saturated rings. The van der Waals surface area contributed by atoms with Crippen LogP contribution < -0.4 is 0 Å². The molecular weight excluding hydrogens is 865 g/mol. The summed E-state index contributed by atoms with van der Waals surface area (Å²) < 4.78 is 16.9. The molecule has 0 aliphatic carbocycles. The summed E-state index contributed by atoms with van der Waals surface area (Å²) >= 11 is 0. The van der Waals surface area contributed by atoms with Gasteiger partial charge in [-0.05, 0) is 96.3 Å². The Morgan fingerprint density at radius 2 is 0.543 bits per heavy atom. The molecule has 6 heteroatoms. The number of rotatable bonds is 56. The zero-order valence-corrected chi connectivity index (χ0v) is 46.8. The molecule has 0 rings (SSSR count). The summed E-state index contributed by atoms with van der Waals surface area (Å²) in [7, 11) is 0. The molecule has 0 aromatic heterocycles. The van der Waals surface area contributed by atoms with Gasteiger partial charge in [0.15, 0.2) is 6.10 Å². The second kappa shape index (κ2) is 58.9. The van der Waals surface area contributed by atoms with E-state index in [4.69, 9.17) is 14.2 Å². The predicted molar refractivity (Wildman–Crippen MR) is 302 cm³/mol. The Labute approximate surface area is 435 Å². The fraction of sp³-hybridized carbons (Fsp3) is 0.828. The van der Waals surface area contributed by atoms with Gasteiger partial charge < -0.3 is 14.2 Å². The maximum absolute atomic E-state index is 12.9. The molecule has 0 spiro atoms. The quantitative estimate of drug-likeness (QED) is 0.0261. The van der Waals surface area contributed by atoms with Crippen molar-refractivity contribution in [3.63, 3.8) is 0 Å². The normalized spacial score (nSPS) is 12.3. The van der Waals surface area contributed by atoms with Crippen molar-refractivity contribution in [3.8, 4) is 0 Å². The van der Waals surface area contributed by atoms with E-state index in [0.29, 0.717) is 19.3 Å². The zero-order chi connectivity index (χ0) is 50.7. The topological polar surface area (TPSA) is 78.9 Å². The molecule has 0 bridgehead atoms. The van der Waals surface area contributed by atoms with Crippen molar-refractivity contribution in [1.82, 2.24) is 0 Å². The summed E-state index contributed by atoms with van der Waals surface area (Å²) in [5.41, 5.74) is 0. The van der Waals surface area contributed by atoms with Crippen LogP contribution in [0.3, 0.4) is 0 Å². The second-order valence-corrected chi connectivity index (χ2v) is 20.6. The molecule has 0 aliphatic heterocycles. The summed E-state index contributed by atoms with van der Waals surface area (Å²) in [5, 5.41) is 0. The van der Waals surface area contributed by atoms with Gasteiger partial charge in [-0.3, -0.25) is 14.4 Å². The smallest absolute Gasteiger partial charge is 0.306 e. The molecule has 0 aliphatic rings. The van der Waals surface area contributed by atoms with E-state index in [2.05, 4.69) is 69.4 Å². The van der Waals surface area contributed by atoms with Crippen molar-refractivity contribution >= 4 is 17.9 Å². The van der Waals surface area contributed by atoms with Crippen molar-refractivity contribution < 1.29 is 28.6 Å². The number of unbranched alkanes of at least 4 members (excludes halogenated alkanes) is 37. The lowest BCUT2D eigenvalue weighted by atomic mass is 10.0. The number of allylic oxidation sites excluding steroid dienone is 8. The minimum atomic E-state index is -0.777. The first-order valence-electron chi connectivity index (χ1n) is 30.6.